The van der Waals surface area contributed by atoms with Crippen LogP contribution in [0.3, 0.4) is 0 Å². The molecule has 7 atom stereocenters. The highest BCUT2D eigenvalue weighted by molar-refractivity contribution is 5.66. The van der Waals surface area contributed by atoms with Crippen molar-refractivity contribution >= 4 is 5.97 Å². The number of hydrogen-bond donors (Lipinski definition) is 0. The minimum atomic E-state index is -0.114. The van der Waals surface area contributed by atoms with Crippen LogP contribution in [0.5, 0.6) is 0 Å². The summed E-state index contributed by atoms with van der Waals surface area (Å²) in [6.07, 6.45) is 15.4. The van der Waals surface area contributed by atoms with E-state index in [1.54, 1.807) is 6.92 Å². The average molecular weight is 455 g/mol. The number of fused-ring (bicyclic) bond motifs is 4. The molecule has 4 rings (SSSR count). The number of carbonyl (C=O) groups excluding carboxylic acids is 1. The van der Waals surface area contributed by atoms with Crippen molar-refractivity contribution in [2.75, 3.05) is 0 Å². The van der Waals surface area contributed by atoms with E-state index in [1.165, 1.54) is 63.4 Å². The number of esters is 1. The van der Waals surface area contributed by atoms with Gasteiger partial charge in [0.05, 0.1) is 0 Å². The number of carbonyl (C=O) groups is 1. The topological polar surface area (TPSA) is 26.3 Å². The summed E-state index contributed by atoms with van der Waals surface area (Å²) in [7, 11) is 0. The maximum absolute atomic E-state index is 11.8. The van der Waals surface area contributed by atoms with Gasteiger partial charge in [-0.2, -0.15) is 0 Å². The Morgan fingerprint density at radius 1 is 1.03 bits per heavy atom. The Labute approximate surface area is 204 Å². The molecule has 0 heterocycles. The fourth-order valence-electron chi connectivity index (χ4n) is 9.49. The molecule has 0 bridgehead atoms. The van der Waals surface area contributed by atoms with E-state index in [0.717, 1.165) is 24.2 Å². The highest BCUT2D eigenvalue weighted by Gasteiger charge is 2.59. The molecule has 0 aromatic rings. The summed E-state index contributed by atoms with van der Waals surface area (Å²) in [5.74, 6) is 3.01. The zero-order valence-corrected chi connectivity index (χ0v) is 22.9. The molecule has 2 heteroatoms. The summed E-state index contributed by atoms with van der Waals surface area (Å²) in [5.41, 5.74) is 6.02. The van der Waals surface area contributed by atoms with Crippen molar-refractivity contribution in [1.82, 2.24) is 0 Å². The van der Waals surface area contributed by atoms with Gasteiger partial charge in [-0.25, -0.2) is 0 Å². The molecule has 2 nitrogen and oxygen atoms in total. The summed E-state index contributed by atoms with van der Waals surface area (Å²) in [5, 5.41) is 0. The number of ether oxygens (including phenoxy) is 1. The molecule has 0 aromatic carbocycles. The molecule has 0 spiro atoms. The third-order valence-electron chi connectivity index (χ3n) is 11.1. The molecule has 0 saturated heterocycles. The van der Waals surface area contributed by atoms with Crippen molar-refractivity contribution in [3.63, 3.8) is 0 Å². The fourth-order valence-corrected chi connectivity index (χ4v) is 9.49. The van der Waals surface area contributed by atoms with Gasteiger partial charge in [0.25, 0.3) is 0 Å². The van der Waals surface area contributed by atoms with Gasteiger partial charge in [-0.15, -0.1) is 0 Å². The monoisotopic (exact) mass is 454 g/mol. The van der Waals surface area contributed by atoms with E-state index >= 15 is 0 Å². The van der Waals surface area contributed by atoms with Crippen LogP contribution in [0.4, 0.5) is 0 Å². The third-order valence-corrected chi connectivity index (χ3v) is 11.1. The molecule has 0 aliphatic heterocycles. The minimum absolute atomic E-state index is 0.0512. The van der Waals surface area contributed by atoms with Crippen LogP contribution in [0.25, 0.3) is 0 Å². The lowest BCUT2D eigenvalue weighted by Gasteiger charge is -2.60. The summed E-state index contributed by atoms with van der Waals surface area (Å²) in [6.45, 7) is 18.6. The minimum Gasteiger partial charge on any atom is -0.462 e. The molecule has 4 aliphatic carbocycles. The Balaban J connectivity index is 1.57. The zero-order chi connectivity index (χ0) is 24.2. The van der Waals surface area contributed by atoms with Crippen LogP contribution >= 0.6 is 0 Å². The van der Waals surface area contributed by atoms with E-state index in [-0.39, 0.29) is 17.5 Å². The summed E-state index contributed by atoms with van der Waals surface area (Å²) >= 11 is 0. The lowest BCUT2D eigenvalue weighted by Crippen LogP contribution is -2.54. The number of allylic oxidation sites excluding steroid dienone is 4. The van der Waals surface area contributed by atoms with Crippen molar-refractivity contribution in [2.24, 2.45) is 39.9 Å². The molecule has 0 aromatic heterocycles. The average Bonchev–Trinajstić information content (AvgIpc) is 3.07. The van der Waals surface area contributed by atoms with Crippen molar-refractivity contribution in [3.05, 3.63) is 22.8 Å². The zero-order valence-electron chi connectivity index (χ0n) is 22.9. The van der Waals surface area contributed by atoms with Crippen LogP contribution in [-0.2, 0) is 9.53 Å². The molecule has 4 aliphatic rings. The van der Waals surface area contributed by atoms with E-state index in [9.17, 15) is 4.79 Å². The number of hydrogen-bond acceptors (Lipinski definition) is 2. The van der Waals surface area contributed by atoms with E-state index in [2.05, 4.69) is 54.5 Å². The van der Waals surface area contributed by atoms with Gasteiger partial charge in [0, 0.05) is 12.3 Å². The van der Waals surface area contributed by atoms with Crippen LogP contribution < -0.4 is 0 Å². The van der Waals surface area contributed by atoms with Crippen molar-refractivity contribution in [1.29, 1.82) is 0 Å². The van der Waals surface area contributed by atoms with Gasteiger partial charge >= 0.3 is 5.97 Å². The molecule has 0 N–H and O–H groups in total. The van der Waals surface area contributed by atoms with E-state index in [1.807, 2.05) is 11.1 Å². The first-order chi connectivity index (χ1) is 15.4. The molecule has 0 amide bonds. The quantitative estimate of drug-likeness (QED) is 0.307. The van der Waals surface area contributed by atoms with Crippen molar-refractivity contribution < 1.29 is 9.53 Å². The smallest absolute Gasteiger partial charge is 0.302 e. The predicted octanol–water partition coefficient (Wildman–Crippen LogP) is 8.66. The summed E-state index contributed by atoms with van der Waals surface area (Å²) in [6, 6.07) is 0. The number of rotatable bonds is 5. The van der Waals surface area contributed by atoms with E-state index < -0.39 is 0 Å². The van der Waals surface area contributed by atoms with Gasteiger partial charge in [-0.3, -0.25) is 4.79 Å². The van der Waals surface area contributed by atoms with Crippen LogP contribution in [0.1, 0.15) is 120 Å². The van der Waals surface area contributed by atoms with Gasteiger partial charge in [0.2, 0.25) is 0 Å². The van der Waals surface area contributed by atoms with Gasteiger partial charge in [0.1, 0.15) is 6.10 Å². The largest absolute Gasteiger partial charge is 0.462 e. The Hall–Kier alpha value is -1.05. The molecule has 7 unspecified atom stereocenters. The van der Waals surface area contributed by atoms with E-state index in [4.69, 9.17) is 4.74 Å². The van der Waals surface area contributed by atoms with Gasteiger partial charge in [-0.1, -0.05) is 57.4 Å². The van der Waals surface area contributed by atoms with E-state index in [0.29, 0.717) is 16.7 Å². The second-order valence-electron chi connectivity index (χ2n) is 13.5. The molecular formula is C31H50O2. The second-order valence-corrected chi connectivity index (χ2v) is 13.5. The van der Waals surface area contributed by atoms with Crippen LogP contribution in [-0.4, -0.2) is 12.1 Å². The Bertz CT molecular complexity index is 828. The standard InChI is InChI=1S/C31H50O2/c1-20(2)10-9-11-21(3)24-13-14-25-23-12-15-27-29(5,6)28(33-22(4)32)17-19-31(27,8)26(23)16-18-30(24,25)7/h10,21,24-25,27-28H,9,11-19H2,1-8H3. The SMILES string of the molecule is CC(=O)OC1CCC2(C)C3=C(CCC2C1(C)C)C1CCC(C(C)CCC=C(C)C)C1(C)CC3. The normalized spacial score (nSPS) is 40.4. The van der Waals surface area contributed by atoms with Gasteiger partial charge < -0.3 is 4.74 Å². The third kappa shape index (κ3) is 4.16. The Morgan fingerprint density at radius 2 is 1.76 bits per heavy atom. The Kier molecular flexibility index (Phi) is 6.73. The first-order valence-electron chi connectivity index (χ1n) is 13.9. The van der Waals surface area contributed by atoms with Crippen molar-refractivity contribution in [2.45, 2.75) is 126 Å². The molecule has 33 heavy (non-hydrogen) atoms. The summed E-state index contributed by atoms with van der Waals surface area (Å²) in [4.78, 5) is 11.8. The van der Waals surface area contributed by atoms with Crippen LogP contribution in [0, 0.1) is 39.9 Å². The predicted molar refractivity (Wildman–Crippen MR) is 138 cm³/mol. The van der Waals surface area contributed by atoms with Crippen molar-refractivity contribution in [3.8, 4) is 0 Å². The summed E-state index contributed by atoms with van der Waals surface area (Å²) < 4.78 is 5.85. The molecule has 0 radical (unpaired) electrons. The maximum atomic E-state index is 11.8. The first-order valence-corrected chi connectivity index (χ1v) is 13.9. The highest BCUT2D eigenvalue weighted by Crippen LogP contribution is 2.68. The van der Waals surface area contributed by atoms with Crippen LogP contribution in [0.2, 0.25) is 0 Å². The van der Waals surface area contributed by atoms with Crippen LogP contribution in [0.15, 0.2) is 22.8 Å². The molecular weight excluding hydrogens is 404 g/mol. The molecule has 2 saturated carbocycles. The molecule has 186 valence electrons. The highest BCUT2D eigenvalue weighted by atomic mass is 16.5. The maximum Gasteiger partial charge on any atom is 0.302 e. The fraction of sp³-hybridized carbons (Fsp3) is 0.839. The Morgan fingerprint density at radius 3 is 2.42 bits per heavy atom. The van der Waals surface area contributed by atoms with Gasteiger partial charge in [-0.05, 0) is 113 Å². The first kappa shape index (κ1) is 25.1. The second kappa shape index (κ2) is 8.87. The lowest BCUT2D eigenvalue weighted by molar-refractivity contribution is -0.167. The molecule has 2 fully saturated rings. The van der Waals surface area contributed by atoms with Gasteiger partial charge in [0.15, 0.2) is 0 Å². The lowest BCUT2D eigenvalue weighted by atomic mass is 9.46.